The molecule has 1 aromatic heterocycles. The zero-order chi connectivity index (χ0) is 14.7. The molecule has 2 aromatic rings. The molecule has 1 aliphatic heterocycles. The van der Waals surface area contributed by atoms with Crippen LogP contribution >= 0.6 is 0 Å². The summed E-state index contributed by atoms with van der Waals surface area (Å²) in [6, 6.07) is 7.74. The highest BCUT2D eigenvalue weighted by Gasteiger charge is 2.34. The topological polar surface area (TPSA) is 59.2 Å². The van der Waals surface area contributed by atoms with Crippen molar-refractivity contribution in [3.8, 4) is 0 Å². The van der Waals surface area contributed by atoms with E-state index < -0.39 is 0 Å². The summed E-state index contributed by atoms with van der Waals surface area (Å²) in [7, 11) is 1.80. The highest BCUT2D eigenvalue weighted by molar-refractivity contribution is 5.90. The molecule has 2 N–H and O–H groups in total. The maximum atomic E-state index is 10.8. The highest BCUT2D eigenvalue weighted by atomic mass is 16.2. The average Bonchev–Trinajstić information content (AvgIpc) is 2.48. The summed E-state index contributed by atoms with van der Waals surface area (Å²) in [4.78, 5) is 16.5. The minimum absolute atomic E-state index is 0.139. The lowest BCUT2D eigenvalue weighted by atomic mass is 9.96. The van der Waals surface area contributed by atoms with Gasteiger partial charge in [-0.15, -0.1) is 0 Å². The Balaban J connectivity index is 0.000000151. The number of allylic oxidation sites excluding steroid dienone is 1. The van der Waals surface area contributed by atoms with E-state index in [4.69, 9.17) is 5.73 Å². The van der Waals surface area contributed by atoms with Crippen molar-refractivity contribution in [1.29, 1.82) is 0 Å². The van der Waals surface area contributed by atoms with Gasteiger partial charge in [-0.05, 0) is 37.4 Å². The van der Waals surface area contributed by atoms with Gasteiger partial charge in [-0.25, -0.2) is 0 Å². The summed E-state index contributed by atoms with van der Waals surface area (Å²) in [5, 5.41) is 2.27. The molecule has 0 bridgehead atoms. The molecule has 20 heavy (non-hydrogen) atoms. The normalized spacial score (nSPS) is 19.6. The first-order valence-electron chi connectivity index (χ1n) is 6.57. The number of hydrogen-bond donors (Lipinski definition) is 1. The van der Waals surface area contributed by atoms with Crippen LogP contribution in [0.25, 0.3) is 10.8 Å². The fraction of sp³-hybridized carbons (Fsp3) is 0.250. The number of fused-ring (bicyclic) bond motifs is 1. The van der Waals surface area contributed by atoms with Gasteiger partial charge in [0, 0.05) is 36.2 Å². The Bertz CT molecular complexity index is 650. The number of nitrogens with zero attached hydrogens (tertiary/aromatic N) is 2. The van der Waals surface area contributed by atoms with Crippen LogP contribution in [0.2, 0.25) is 0 Å². The van der Waals surface area contributed by atoms with Crippen LogP contribution in [0.15, 0.2) is 48.4 Å². The highest BCUT2D eigenvalue weighted by Crippen LogP contribution is 2.27. The molecule has 0 spiro atoms. The van der Waals surface area contributed by atoms with E-state index in [9.17, 15) is 4.79 Å². The second-order valence-electron chi connectivity index (χ2n) is 4.81. The van der Waals surface area contributed by atoms with Gasteiger partial charge in [0.1, 0.15) is 0 Å². The summed E-state index contributed by atoms with van der Waals surface area (Å²) >= 11 is 0. The van der Waals surface area contributed by atoms with E-state index in [2.05, 4.69) is 4.98 Å². The SMILES string of the molecule is C/C=C1/C(C)C(=O)N1C.Nc1ccc2cnccc2c1. The lowest BCUT2D eigenvalue weighted by molar-refractivity contribution is -0.138. The molecule has 4 nitrogen and oxygen atoms in total. The number of rotatable bonds is 0. The fourth-order valence-electron chi connectivity index (χ4n) is 2.31. The lowest BCUT2D eigenvalue weighted by Gasteiger charge is -2.36. The molecule has 104 valence electrons. The summed E-state index contributed by atoms with van der Waals surface area (Å²) in [6.45, 7) is 3.88. The van der Waals surface area contributed by atoms with Crippen LogP contribution in [0.1, 0.15) is 13.8 Å². The quantitative estimate of drug-likeness (QED) is 0.591. The molecule has 1 unspecified atom stereocenters. The average molecular weight is 269 g/mol. The van der Waals surface area contributed by atoms with Crippen molar-refractivity contribution < 1.29 is 4.79 Å². The minimum atomic E-state index is 0.139. The first kappa shape index (κ1) is 14.1. The van der Waals surface area contributed by atoms with Crippen molar-refractivity contribution in [2.75, 3.05) is 12.8 Å². The van der Waals surface area contributed by atoms with E-state index in [1.54, 1.807) is 18.1 Å². The van der Waals surface area contributed by atoms with Crippen LogP contribution < -0.4 is 5.73 Å². The lowest BCUT2D eigenvalue weighted by Crippen LogP contribution is -2.45. The zero-order valence-corrected chi connectivity index (χ0v) is 12.0. The van der Waals surface area contributed by atoms with Crippen LogP contribution in [0, 0.1) is 5.92 Å². The number of nitrogens with two attached hydrogens (primary N) is 1. The Morgan fingerprint density at radius 3 is 2.65 bits per heavy atom. The smallest absolute Gasteiger partial charge is 0.235 e. The number of benzene rings is 1. The third-order valence-corrected chi connectivity index (χ3v) is 3.49. The third kappa shape index (κ3) is 2.64. The number of amides is 1. The first-order chi connectivity index (χ1) is 9.54. The van der Waals surface area contributed by atoms with Crippen molar-refractivity contribution >= 4 is 22.4 Å². The Labute approximate surface area is 118 Å². The van der Waals surface area contributed by atoms with Crippen molar-refractivity contribution in [1.82, 2.24) is 9.88 Å². The molecule has 3 rings (SSSR count). The Morgan fingerprint density at radius 2 is 2.05 bits per heavy atom. The Morgan fingerprint density at radius 1 is 1.30 bits per heavy atom. The number of nitrogen functional groups attached to an aromatic ring is 1. The number of pyridine rings is 1. The second-order valence-corrected chi connectivity index (χ2v) is 4.81. The molecule has 1 aliphatic rings. The van der Waals surface area contributed by atoms with Gasteiger partial charge in [0.2, 0.25) is 5.91 Å². The first-order valence-corrected chi connectivity index (χ1v) is 6.57. The van der Waals surface area contributed by atoms with Gasteiger partial charge < -0.3 is 10.6 Å². The Kier molecular flexibility index (Phi) is 4.03. The maximum absolute atomic E-state index is 10.8. The second kappa shape index (κ2) is 5.74. The number of carbonyl (C=O) groups is 1. The summed E-state index contributed by atoms with van der Waals surface area (Å²) in [6.07, 6.45) is 5.57. The molecule has 1 amide bonds. The van der Waals surface area contributed by atoms with E-state index in [1.807, 2.05) is 50.4 Å². The summed E-state index contributed by atoms with van der Waals surface area (Å²) in [5.74, 6) is 0.364. The molecular formula is C16H19N3O. The van der Waals surface area contributed by atoms with Crippen LogP contribution in [0.3, 0.4) is 0 Å². The van der Waals surface area contributed by atoms with Gasteiger partial charge in [-0.2, -0.15) is 0 Å². The van der Waals surface area contributed by atoms with Gasteiger partial charge in [0.25, 0.3) is 0 Å². The van der Waals surface area contributed by atoms with Gasteiger partial charge in [0.05, 0.1) is 5.92 Å². The van der Waals surface area contributed by atoms with E-state index in [0.29, 0.717) is 0 Å². The number of anilines is 1. The molecule has 1 atom stereocenters. The van der Waals surface area contributed by atoms with Crippen molar-refractivity contribution in [2.24, 2.45) is 5.92 Å². The zero-order valence-electron chi connectivity index (χ0n) is 12.0. The van der Waals surface area contributed by atoms with Crippen LogP contribution in [-0.2, 0) is 4.79 Å². The Hall–Kier alpha value is -2.36. The standard InChI is InChI=1S/C9H8N2.C7H11NO/c10-9-2-1-8-6-11-4-3-7(8)5-9;1-4-6-5(2)7(9)8(6)3/h1-6H,10H2;4-5H,1-3H3/b;6-4-. The van der Waals surface area contributed by atoms with Gasteiger partial charge in [-0.1, -0.05) is 12.1 Å². The number of carbonyl (C=O) groups excluding carboxylic acids is 1. The molecule has 0 aliphatic carbocycles. The van der Waals surface area contributed by atoms with Crippen molar-refractivity contribution in [3.05, 3.63) is 48.4 Å². The summed E-state index contributed by atoms with van der Waals surface area (Å²) in [5.41, 5.74) is 7.54. The minimum Gasteiger partial charge on any atom is -0.399 e. The maximum Gasteiger partial charge on any atom is 0.235 e. The third-order valence-electron chi connectivity index (χ3n) is 3.49. The van der Waals surface area contributed by atoms with E-state index in [0.717, 1.165) is 22.2 Å². The predicted molar refractivity (Wildman–Crippen MR) is 81.8 cm³/mol. The molecule has 0 radical (unpaired) electrons. The molecule has 1 aromatic carbocycles. The van der Waals surface area contributed by atoms with Gasteiger partial charge >= 0.3 is 0 Å². The number of β-lactam (4-membered cyclic amide) rings is 1. The fourth-order valence-corrected chi connectivity index (χ4v) is 2.31. The number of hydrogen-bond acceptors (Lipinski definition) is 3. The van der Waals surface area contributed by atoms with Crippen molar-refractivity contribution in [2.45, 2.75) is 13.8 Å². The summed E-state index contributed by atoms with van der Waals surface area (Å²) < 4.78 is 0. The monoisotopic (exact) mass is 269 g/mol. The van der Waals surface area contributed by atoms with Crippen LogP contribution in [0.5, 0.6) is 0 Å². The number of likely N-dealkylation sites (tertiary alicyclic amines) is 1. The van der Waals surface area contributed by atoms with Crippen molar-refractivity contribution in [3.63, 3.8) is 0 Å². The van der Waals surface area contributed by atoms with Crippen LogP contribution in [-0.4, -0.2) is 22.8 Å². The van der Waals surface area contributed by atoms with E-state index in [1.165, 1.54) is 0 Å². The molecule has 2 heterocycles. The van der Waals surface area contributed by atoms with Crippen LogP contribution in [0.4, 0.5) is 5.69 Å². The molecule has 1 saturated heterocycles. The number of aromatic nitrogens is 1. The molecular weight excluding hydrogens is 250 g/mol. The largest absolute Gasteiger partial charge is 0.399 e. The van der Waals surface area contributed by atoms with Gasteiger partial charge in [0.15, 0.2) is 0 Å². The van der Waals surface area contributed by atoms with E-state index in [-0.39, 0.29) is 11.8 Å². The molecule has 4 heteroatoms. The molecule has 1 fully saturated rings. The predicted octanol–water partition coefficient (Wildman–Crippen LogP) is 2.82. The van der Waals surface area contributed by atoms with E-state index >= 15 is 0 Å². The van der Waals surface area contributed by atoms with Gasteiger partial charge in [-0.3, -0.25) is 9.78 Å². The molecule has 0 saturated carbocycles.